The number of aromatic nitrogens is 3. The molecule has 0 atom stereocenters. The molecule has 0 saturated heterocycles. The molecule has 0 radical (unpaired) electrons. The predicted octanol–water partition coefficient (Wildman–Crippen LogP) is 0.935. The van der Waals surface area contributed by atoms with Gasteiger partial charge in [-0.2, -0.15) is 4.98 Å². The molecule has 0 aliphatic rings. The van der Waals surface area contributed by atoms with Crippen LogP contribution >= 0.6 is 0 Å². The van der Waals surface area contributed by atoms with Crippen LogP contribution in [-0.2, 0) is 16.0 Å². The zero-order valence-electron chi connectivity index (χ0n) is 10.6. The summed E-state index contributed by atoms with van der Waals surface area (Å²) in [7, 11) is 1.28. The van der Waals surface area contributed by atoms with Gasteiger partial charge in [-0.05, 0) is 12.1 Å². The average Bonchev–Trinajstić information content (AvgIpc) is 2.93. The molecule has 0 unspecified atom stereocenters. The highest BCUT2D eigenvalue weighted by Gasteiger charge is 2.12. The van der Waals surface area contributed by atoms with Crippen molar-refractivity contribution in [3.63, 3.8) is 0 Å². The molecule has 0 spiro atoms. The topological polar surface area (TPSA) is 115 Å². The van der Waals surface area contributed by atoms with Gasteiger partial charge >= 0.3 is 11.9 Å². The number of carboxylic acid groups (broad SMARTS) is 1. The summed E-state index contributed by atoms with van der Waals surface area (Å²) in [6.07, 6.45) is 1.41. The number of carbonyl (C=O) groups is 2. The van der Waals surface area contributed by atoms with Gasteiger partial charge in [0.15, 0.2) is 0 Å². The first-order chi connectivity index (χ1) is 9.60. The first-order valence-corrected chi connectivity index (χ1v) is 5.69. The van der Waals surface area contributed by atoms with Crippen molar-refractivity contribution in [2.24, 2.45) is 0 Å². The molecule has 8 heteroatoms. The van der Waals surface area contributed by atoms with Crippen LogP contribution in [-0.4, -0.2) is 39.3 Å². The lowest BCUT2D eigenvalue weighted by atomic mass is 10.2. The number of nitrogens with zero attached hydrogens (tertiary/aromatic N) is 3. The van der Waals surface area contributed by atoms with Gasteiger partial charge in [0.25, 0.3) is 0 Å². The Kier molecular flexibility index (Phi) is 4.04. The van der Waals surface area contributed by atoms with Crippen LogP contribution in [0.25, 0.3) is 11.5 Å². The van der Waals surface area contributed by atoms with E-state index in [0.29, 0.717) is 11.3 Å². The SMILES string of the molecule is COC(=O)c1ccc(-c2noc(CCC(=O)O)n2)nc1. The largest absolute Gasteiger partial charge is 0.481 e. The van der Waals surface area contributed by atoms with Gasteiger partial charge < -0.3 is 14.4 Å². The minimum Gasteiger partial charge on any atom is -0.481 e. The van der Waals surface area contributed by atoms with Crippen LogP contribution in [0, 0.1) is 0 Å². The molecule has 104 valence electrons. The molecule has 0 amide bonds. The van der Waals surface area contributed by atoms with Gasteiger partial charge in [0.1, 0.15) is 5.69 Å². The van der Waals surface area contributed by atoms with Crippen molar-refractivity contribution in [2.45, 2.75) is 12.8 Å². The van der Waals surface area contributed by atoms with Gasteiger partial charge in [-0.3, -0.25) is 9.78 Å². The molecule has 0 aliphatic heterocycles. The Bertz CT molecular complexity index is 620. The maximum atomic E-state index is 11.2. The molecule has 0 saturated carbocycles. The maximum Gasteiger partial charge on any atom is 0.339 e. The summed E-state index contributed by atoms with van der Waals surface area (Å²) >= 11 is 0. The normalized spacial score (nSPS) is 10.2. The summed E-state index contributed by atoms with van der Waals surface area (Å²) in [6.45, 7) is 0. The van der Waals surface area contributed by atoms with E-state index in [1.54, 1.807) is 6.07 Å². The molecular formula is C12H11N3O5. The first-order valence-electron chi connectivity index (χ1n) is 5.69. The van der Waals surface area contributed by atoms with E-state index in [-0.39, 0.29) is 24.6 Å². The highest BCUT2D eigenvalue weighted by atomic mass is 16.5. The lowest BCUT2D eigenvalue weighted by molar-refractivity contribution is -0.137. The lowest BCUT2D eigenvalue weighted by Crippen LogP contribution is -2.01. The minimum atomic E-state index is -0.940. The second-order valence-electron chi connectivity index (χ2n) is 3.83. The van der Waals surface area contributed by atoms with Crippen LogP contribution in [0.2, 0.25) is 0 Å². The first kappa shape index (κ1) is 13.7. The minimum absolute atomic E-state index is 0.0870. The molecule has 0 bridgehead atoms. The second-order valence-corrected chi connectivity index (χ2v) is 3.83. The fraction of sp³-hybridized carbons (Fsp3) is 0.250. The van der Waals surface area contributed by atoms with Gasteiger partial charge in [-0.1, -0.05) is 5.16 Å². The zero-order chi connectivity index (χ0) is 14.5. The number of pyridine rings is 1. The molecule has 2 aromatic heterocycles. The molecule has 2 aromatic rings. The Balaban J connectivity index is 2.11. The Morgan fingerprint density at radius 1 is 1.40 bits per heavy atom. The Hall–Kier alpha value is -2.77. The Morgan fingerprint density at radius 3 is 2.80 bits per heavy atom. The van der Waals surface area contributed by atoms with Crippen LogP contribution in [0.1, 0.15) is 22.7 Å². The molecule has 2 heterocycles. The fourth-order valence-electron chi connectivity index (χ4n) is 1.44. The number of carbonyl (C=O) groups excluding carboxylic acids is 1. The smallest absolute Gasteiger partial charge is 0.339 e. The summed E-state index contributed by atoms with van der Waals surface area (Å²) in [4.78, 5) is 29.7. The predicted molar refractivity (Wildman–Crippen MR) is 64.8 cm³/mol. The van der Waals surface area contributed by atoms with Crippen molar-refractivity contribution in [1.82, 2.24) is 15.1 Å². The van der Waals surface area contributed by atoms with Gasteiger partial charge in [-0.15, -0.1) is 0 Å². The van der Waals surface area contributed by atoms with E-state index in [9.17, 15) is 9.59 Å². The van der Waals surface area contributed by atoms with Gasteiger partial charge in [0.05, 0.1) is 19.1 Å². The lowest BCUT2D eigenvalue weighted by Gasteiger charge is -1.98. The van der Waals surface area contributed by atoms with Crippen molar-refractivity contribution in [1.29, 1.82) is 0 Å². The third-order valence-corrected chi connectivity index (χ3v) is 2.43. The van der Waals surface area contributed by atoms with Crippen LogP contribution < -0.4 is 0 Å². The number of aliphatic carboxylic acids is 1. The zero-order valence-corrected chi connectivity index (χ0v) is 10.6. The molecule has 0 fully saturated rings. The Morgan fingerprint density at radius 2 is 2.20 bits per heavy atom. The van der Waals surface area contributed by atoms with E-state index in [2.05, 4.69) is 19.9 Å². The summed E-state index contributed by atoms with van der Waals surface area (Å²) in [5.41, 5.74) is 0.730. The maximum absolute atomic E-state index is 11.2. The standard InChI is InChI=1S/C12H11N3O5/c1-19-12(18)7-2-3-8(13-6-7)11-14-9(20-15-11)4-5-10(16)17/h2-3,6H,4-5H2,1H3,(H,16,17). The molecule has 2 rings (SSSR count). The number of aryl methyl sites for hydroxylation is 1. The molecule has 1 N–H and O–H groups in total. The van der Waals surface area contributed by atoms with E-state index >= 15 is 0 Å². The van der Waals surface area contributed by atoms with E-state index < -0.39 is 11.9 Å². The van der Waals surface area contributed by atoms with Crippen molar-refractivity contribution in [2.75, 3.05) is 7.11 Å². The monoisotopic (exact) mass is 277 g/mol. The molecular weight excluding hydrogens is 266 g/mol. The van der Waals surface area contributed by atoms with Gasteiger partial charge in [0.2, 0.25) is 11.7 Å². The molecule has 0 aromatic carbocycles. The molecule has 8 nitrogen and oxygen atoms in total. The number of hydrogen-bond acceptors (Lipinski definition) is 7. The quantitative estimate of drug-likeness (QED) is 0.802. The van der Waals surface area contributed by atoms with E-state index in [1.807, 2.05) is 0 Å². The fourth-order valence-corrected chi connectivity index (χ4v) is 1.44. The van der Waals surface area contributed by atoms with Crippen molar-refractivity contribution in [3.05, 3.63) is 29.8 Å². The number of ether oxygens (including phenoxy) is 1. The summed E-state index contributed by atoms with van der Waals surface area (Å²) in [5.74, 6) is -0.965. The van der Waals surface area contributed by atoms with Crippen molar-refractivity contribution < 1.29 is 24.0 Å². The number of esters is 1. The van der Waals surface area contributed by atoms with Gasteiger partial charge in [0, 0.05) is 12.6 Å². The highest BCUT2D eigenvalue weighted by molar-refractivity contribution is 5.89. The second kappa shape index (κ2) is 5.91. The third-order valence-electron chi connectivity index (χ3n) is 2.43. The number of rotatable bonds is 5. The summed E-state index contributed by atoms with van der Waals surface area (Å²) in [6, 6.07) is 3.08. The summed E-state index contributed by atoms with van der Waals surface area (Å²) in [5, 5.41) is 12.3. The van der Waals surface area contributed by atoms with E-state index in [1.165, 1.54) is 19.4 Å². The molecule has 20 heavy (non-hydrogen) atoms. The van der Waals surface area contributed by atoms with E-state index in [0.717, 1.165) is 0 Å². The number of hydrogen-bond donors (Lipinski definition) is 1. The number of methoxy groups -OCH3 is 1. The van der Waals surface area contributed by atoms with Crippen LogP contribution in [0.3, 0.4) is 0 Å². The summed E-state index contributed by atoms with van der Waals surface area (Å²) < 4.78 is 9.47. The average molecular weight is 277 g/mol. The number of carboxylic acids is 1. The van der Waals surface area contributed by atoms with Crippen LogP contribution in [0.5, 0.6) is 0 Å². The Labute approximate surface area is 113 Å². The highest BCUT2D eigenvalue weighted by Crippen LogP contribution is 2.14. The van der Waals surface area contributed by atoms with E-state index in [4.69, 9.17) is 9.63 Å². The third kappa shape index (κ3) is 3.16. The van der Waals surface area contributed by atoms with Crippen LogP contribution in [0.15, 0.2) is 22.9 Å². The van der Waals surface area contributed by atoms with Crippen molar-refractivity contribution in [3.8, 4) is 11.5 Å². The van der Waals surface area contributed by atoms with Crippen molar-refractivity contribution >= 4 is 11.9 Å². The van der Waals surface area contributed by atoms with Gasteiger partial charge in [-0.25, -0.2) is 4.79 Å². The van der Waals surface area contributed by atoms with Crippen LogP contribution in [0.4, 0.5) is 0 Å². The molecule has 0 aliphatic carbocycles.